The van der Waals surface area contributed by atoms with Gasteiger partial charge in [0.1, 0.15) is 5.82 Å². The van der Waals surface area contributed by atoms with Gasteiger partial charge in [0.15, 0.2) is 5.65 Å². The number of carbonyl (C=O) groups is 1. The van der Waals surface area contributed by atoms with Crippen molar-refractivity contribution in [2.75, 3.05) is 11.4 Å². The number of anilines is 1. The number of tetrazole rings is 1. The SMILES string of the molecule is Cc1cc(N(CC(N)=O)Cc2ccc(-c3ccccc3-c3nn[nH]n3)cc2)n2nccc2n1. The highest BCUT2D eigenvalue weighted by Crippen LogP contribution is 2.30. The molecule has 10 heteroatoms. The second-order valence-electron chi connectivity index (χ2n) is 7.66. The molecular formula is C23H21N9O. The highest BCUT2D eigenvalue weighted by atomic mass is 16.1. The van der Waals surface area contributed by atoms with Gasteiger partial charge < -0.3 is 10.6 Å². The van der Waals surface area contributed by atoms with E-state index >= 15 is 0 Å². The Labute approximate surface area is 189 Å². The second-order valence-corrected chi connectivity index (χ2v) is 7.66. The van der Waals surface area contributed by atoms with Gasteiger partial charge in [-0.15, -0.1) is 10.2 Å². The zero-order valence-electron chi connectivity index (χ0n) is 17.9. The molecule has 0 unspecified atom stereocenters. The Morgan fingerprint density at radius 2 is 1.88 bits per heavy atom. The number of aromatic nitrogens is 7. The maximum absolute atomic E-state index is 11.8. The molecule has 0 fully saturated rings. The normalized spacial score (nSPS) is 11.1. The number of primary amides is 1. The van der Waals surface area contributed by atoms with Gasteiger partial charge in [-0.2, -0.15) is 14.8 Å². The van der Waals surface area contributed by atoms with Crippen molar-refractivity contribution in [1.82, 2.24) is 35.2 Å². The van der Waals surface area contributed by atoms with Gasteiger partial charge in [0.05, 0.1) is 12.7 Å². The third-order valence-corrected chi connectivity index (χ3v) is 5.29. The number of rotatable bonds is 7. The molecule has 0 saturated heterocycles. The van der Waals surface area contributed by atoms with Crippen molar-refractivity contribution in [2.45, 2.75) is 13.5 Å². The van der Waals surface area contributed by atoms with Crippen LogP contribution in [-0.2, 0) is 11.3 Å². The fourth-order valence-corrected chi connectivity index (χ4v) is 3.87. The summed E-state index contributed by atoms with van der Waals surface area (Å²) in [6.07, 6.45) is 1.68. The number of benzene rings is 2. The minimum absolute atomic E-state index is 0.0564. The Balaban J connectivity index is 1.46. The highest BCUT2D eigenvalue weighted by molar-refractivity contribution is 5.81. The maximum atomic E-state index is 11.8. The zero-order chi connectivity index (χ0) is 22.8. The molecule has 164 valence electrons. The first-order chi connectivity index (χ1) is 16.1. The van der Waals surface area contributed by atoms with Crippen molar-refractivity contribution in [3.63, 3.8) is 0 Å². The third-order valence-electron chi connectivity index (χ3n) is 5.29. The average molecular weight is 439 g/mol. The molecule has 3 aromatic heterocycles. The van der Waals surface area contributed by atoms with E-state index in [1.165, 1.54) is 0 Å². The molecule has 3 heterocycles. The van der Waals surface area contributed by atoms with E-state index in [2.05, 4.69) is 30.7 Å². The molecule has 0 aliphatic carbocycles. The van der Waals surface area contributed by atoms with E-state index in [-0.39, 0.29) is 6.54 Å². The number of amides is 1. The molecule has 5 aromatic rings. The number of nitrogens with two attached hydrogens (primary N) is 1. The first kappa shape index (κ1) is 20.3. The molecule has 5 rings (SSSR count). The van der Waals surface area contributed by atoms with E-state index in [1.807, 2.05) is 72.5 Å². The lowest BCUT2D eigenvalue weighted by molar-refractivity contribution is -0.116. The summed E-state index contributed by atoms with van der Waals surface area (Å²) in [5, 5.41) is 18.7. The van der Waals surface area contributed by atoms with E-state index in [1.54, 1.807) is 10.7 Å². The third kappa shape index (κ3) is 4.13. The topological polar surface area (TPSA) is 131 Å². The number of hydrogen-bond donors (Lipinski definition) is 2. The Morgan fingerprint density at radius 3 is 2.61 bits per heavy atom. The molecule has 0 saturated carbocycles. The molecule has 2 aromatic carbocycles. The lowest BCUT2D eigenvalue weighted by Crippen LogP contribution is -2.34. The van der Waals surface area contributed by atoms with Crippen LogP contribution in [0.15, 0.2) is 66.9 Å². The fraction of sp³-hybridized carbons (Fsp3) is 0.130. The lowest BCUT2D eigenvalue weighted by Gasteiger charge is -2.24. The van der Waals surface area contributed by atoms with Gasteiger partial charge in [-0.1, -0.05) is 48.5 Å². The summed E-state index contributed by atoms with van der Waals surface area (Å²) in [5.74, 6) is 0.877. The van der Waals surface area contributed by atoms with Crippen LogP contribution < -0.4 is 10.6 Å². The standard InChI is InChI=1S/C23H21N9O/c1-15-12-22(32-21(26-15)10-11-25-32)31(14-20(24)33)13-16-6-8-17(9-7-16)18-4-2-3-5-19(18)23-27-29-30-28-23/h2-12H,13-14H2,1H3,(H2,24,33)(H,27,28,29,30). The van der Waals surface area contributed by atoms with Crippen LogP contribution in [0.4, 0.5) is 5.82 Å². The largest absolute Gasteiger partial charge is 0.368 e. The molecule has 0 aliphatic rings. The van der Waals surface area contributed by atoms with Crippen molar-refractivity contribution in [3.05, 3.63) is 78.1 Å². The minimum Gasteiger partial charge on any atom is -0.368 e. The van der Waals surface area contributed by atoms with Gasteiger partial charge in [0.2, 0.25) is 11.7 Å². The van der Waals surface area contributed by atoms with Crippen LogP contribution in [0.25, 0.3) is 28.2 Å². The number of aryl methyl sites for hydroxylation is 1. The molecule has 0 atom stereocenters. The molecule has 3 N–H and O–H groups in total. The van der Waals surface area contributed by atoms with E-state index in [0.29, 0.717) is 18.0 Å². The Kier molecular flexibility index (Phi) is 5.23. The summed E-state index contributed by atoms with van der Waals surface area (Å²) in [6, 6.07) is 19.8. The van der Waals surface area contributed by atoms with Crippen LogP contribution in [-0.4, -0.2) is 47.7 Å². The first-order valence-electron chi connectivity index (χ1n) is 10.4. The summed E-state index contributed by atoms with van der Waals surface area (Å²) in [7, 11) is 0. The number of nitrogens with zero attached hydrogens (tertiary/aromatic N) is 7. The molecule has 0 spiro atoms. The minimum atomic E-state index is -0.421. The summed E-state index contributed by atoms with van der Waals surface area (Å²) >= 11 is 0. The number of carbonyl (C=O) groups excluding carboxylic acids is 1. The van der Waals surface area contributed by atoms with E-state index in [0.717, 1.165) is 33.8 Å². The van der Waals surface area contributed by atoms with Gasteiger partial charge in [0.25, 0.3) is 0 Å². The summed E-state index contributed by atoms with van der Waals surface area (Å²) < 4.78 is 1.71. The maximum Gasteiger partial charge on any atom is 0.237 e. The van der Waals surface area contributed by atoms with Crippen LogP contribution in [0.3, 0.4) is 0 Å². The predicted octanol–water partition coefficient (Wildman–Crippen LogP) is 2.38. The Morgan fingerprint density at radius 1 is 1.09 bits per heavy atom. The molecule has 0 aliphatic heterocycles. The van der Waals surface area contributed by atoms with Gasteiger partial charge in [-0.3, -0.25) is 4.79 Å². The number of nitrogens with one attached hydrogen (secondary N) is 1. The van der Waals surface area contributed by atoms with Gasteiger partial charge in [-0.25, -0.2) is 4.98 Å². The smallest absolute Gasteiger partial charge is 0.237 e. The van der Waals surface area contributed by atoms with Gasteiger partial charge >= 0.3 is 0 Å². The Bertz CT molecular complexity index is 1410. The van der Waals surface area contributed by atoms with Crippen LogP contribution >= 0.6 is 0 Å². The number of fused-ring (bicyclic) bond motifs is 1. The number of aromatic amines is 1. The first-order valence-corrected chi connectivity index (χ1v) is 10.4. The highest BCUT2D eigenvalue weighted by Gasteiger charge is 2.16. The van der Waals surface area contributed by atoms with E-state index in [9.17, 15) is 4.79 Å². The monoisotopic (exact) mass is 439 g/mol. The van der Waals surface area contributed by atoms with Crippen molar-refractivity contribution in [1.29, 1.82) is 0 Å². The van der Waals surface area contributed by atoms with Gasteiger partial charge in [0, 0.05) is 29.9 Å². The molecule has 0 bridgehead atoms. The molecule has 1 amide bonds. The molecular weight excluding hydrogens is 418 g/mol. The summed E-state index contributed by atoms with van der Waals surface area (Å²) in [5.41, 5.74) is 11.0. The second kappa shape index (κ2) is 8.50. The van der Waals surface area contributed by atoms with Crippen molar-refractivity contribution >= 4 is 17.4 Å². The Hall–Kier alpha value is -4.60. The molecule has 33 heavy (non-hydrogen) atoms. The zero-order valence-corrected chi connectivity index (χ0v) is 17.9. The predicted molar refractivity (Wildman–Crippen MR) is 123 cm³/mol. The fourth-order valence-electron chi connectivity index (χ4n) is 3.87. The van der Waals surface area contributed by atoms with Crippen molar-refractivity contribution in [3.8, 4) is 22.5 Å². The number of H-pyrrole nitrogens is 1. The van der Waals surface area contributed by atoms with Gasteiger partial charge in [-0.05, 0) is 28.8 Å². The van der Waals surface area contributed by atoms with Crippen LogP contribution in [0.2, 0.25) is 0 Å². The van der Waals surface area contributed by atoms with E-state index in [4.69, 9.17) is 5.73 Å². The van der Waals surface area contributed by atoms with E-state index < -0.39 is 5.91 Å². The van der Waals surface area contributed by atoms with Crippen molar-refractivity contribution in [2.24, 2.45) is 5.73 Å². The quantitative estimate of drug-likeness (QED) is 0.398. The summed E-state index contributed by atoms with van der Waals surface area (Å²) in [4.78, 5) is 18.2. The number of hydrogen-bond acceptors (Lipinski definition) is 7. The van der Waals surface area contributed by atoms with Crippen LogP contribution in [0, 0.1) is 6.92 Å². The summed E-state index contributed by atoms with van der Waals surface area (Å²) in [6.45, 7) is 2.45. The molecule has 0 radical (unpaired) electrons. The van der Waals surface area contributed by atoms with Crippen LogP contribution in [0.5, 0.6) is 0 Å². The lowest BCUT2D eigenvalue weighted by atomic mass is 9.98. The van der Waals surface area contributed by atoms with Crippen LogP contribution in [0.1, 0.15) is 11.3 Å². The van der Waals surface area contributed by atoms with Crippen molar-refractivity contribution < 1.29 is 4.79 Å². The molecule has 10 nitrogen and oxygen atoms in total. The average Bonchev–Trinajstić information content (AvgIpc) is 3.51.